The first-order valence-corrected chi connectivity index (χ1v) is 10.3. The molecule has 0 saturated heterocycles. The summed E-state index contributed by atoms with van der Waals surface area (Å²) in [5.74, 6) is 1.27. The Balaban J connectivity index is 1.50. The van der Waals surface area contributed by atoms with E-state index in [0.29, 0.717) is 17.7 Å². The van der Waals surface area contributed by atoms with Gasteiger partial charge in [-0.2, -0.15) is 0 Å². The van der Waals surface area contributed by atoms with Gasteiger partial charge in [0.1, 0.15) is 6.10 Å². The van der Waals surface area contributed by atoms with Crippen molar-refractivity contribution >= 4 is 11.4 Å². The van der Waals surface area contributed by atoms with Crippen molar-refractivity contribution in [1.82, 2.24) is 4.90 Å². The summed E-state index contributed by atoms with van der Waals surface area (Å²) in [6, 6.07) is 14.5. The van der Waals surface area contributed by atoms with Crippen LogP contribution >= 0.6 is 0 Å². The topological polar surface area (TPSA) is 59.0 Å². The lowest BCUT2D eigenvalue weighted by atomic mass is 9.91. The van der Waals surface area contributed by atoms with Gasteiger partial charge < -0.3 is 14.6 Å². The van der Waals surface area contributed by atoms with Crippen molar-refractivity contribution in [3.8, 4) is 11.5 Å². The normalized spacial score (nSPS) is 21.8. The third-order valence-electron chi connectivity index (χ3n) is 6.11. The highest BCUT2D eigenvalue weighted by molar-refractivity contribution is 6.26. The zero-order valence-electron chi connectivity index (χ0n) is 16.4. The van der Waals surface area contributed by atoms with Gasteiger partial charge in [-0.15, -0.1) is 0 Å². The van der Waals surface area contributed by atoms with Crippen LogP contribution < -0.4 is 9.47 Å². The van der Waals surface area contributed by atoms with Crippen LogP contribution in [0.1, 0.15) is 36.0 Å². The molecule has 2 aromatic rings. The molecule has 5 rings (SSSR count). The van der Waals surface area contributed by atoms with Crippen LogP contribution in [0.3, 0.4) is 0 Å². The number of Topliss-reactive ketones (excluding diaryl/α,β-unsaturated/α-hetero) is 1. The molecular formula is C24H25NO4. The molecular weight excluding hydrogens is 366 g/mol. The number of hydrogen-bond acceptors (Lipinski definition) is 5. The number of benzene rings is 2. The first-order chi connectivity index (χ1) is 14.2. The average molecular weight is 391 g/mol. The predicted molar refractivity (Wildman–Crippen MR) is 110 cm³/mol. The van der Waals surface area contributed by atoms with E-state index in [1.807, 2.05) is 18.2 Å². The maximum absolute atomic E-state index is 12.8. The zero-order chi connectivity index (χ0) is 19.8. The van der Waals surface area contributed by atoms with Gasteiger partial charge in [-0.05, 0) is 54.6 Å². The summed E-state index contributed by atoms with van der Waals surface area (Å²) in [6.07, 6.45) is 2.15. The lowest BCUT2D eigenvalue weighted by molar-refractivity contribution is -0.120. The summed E-state index contributed by atoms with van der Waals surface area (Å²) < 4.78 is 11.2. The Kier molecular flexibility index (Phi) is 4.86. The predicted octanol–water partition coefficient (Wildman–Crippen LogP) is 3.34. The van der Waals surface area contributed by atoms with Crippen molar-refractivity contribution in [3.05, 3.63) is 64.7 Å². The van der Waals surface area contributed by atoms with Gasteiger partial charge in [0.2, 0.25) is 6.79 Å². The fourth-order valence-electron chi connectivity index (χ4n) is 4.65. The van der Waals surface area contributed by atoms with Crippen molar-refractivity contribution in [1.29, 1.82) is 0 Å². The van der Waals surface area contributed by atoms with Crippen molar-refractivity contribution in [3.63, 3.8) is 0 Å². The number of rotatable bonds is 2. The summed E-state index contributed by atoms with van der Waals surface area (Å²) in [6.45, 7) is 2.99. The number of aliphatic hydroxyl groups excluding tert-OH is 1. The van der Waals surface area contributed by atoms with Crippen molar-refractivity contribution < 1.29 is 19.4 Å². The minimum absolute atomic E-state index is 0.151. The molecule has 0 saturated carbocycles. The summed E-state index contributed by atoms with van der Waals surface area (Å²) in [4.78, 5) is 15.3. The van der Waals surface area contributed by atoms with E-state index in [-0.39, 0.29) is 12.6 Å². The second-order valence-electron chi connectivity index (χ2n) is 8.04. The van der Waals surface area contributed by atoms with Gasteiger partial charge in [-0.1, -0.05) is 35.9 Å². The first-order valence-electron chi connectivity index (χ1n) is 10.3. The SMILES string of the molecule is O=C1C2=C(CCCN(Cc3ccccc3)CCc3cc4c(cc32)OCO4)CC1O. The molecule has 0 spiro atoms. The Morgan fingerprint density at radius 1 is 1.03 bits per heavy atom. The molecule has 0 bridgehead atoms. The van der Waals surface area contributed by atoms with Crippen LogP contribution in [0.15, 0.2) is 48.0 Å². The van der Waals surface area contributed by atoms with E-state index >= 15 is 0 Å². The molecule has 1 atom stereocenters. The summed E-state index contributed by atoms with van der Waals surface area (Å²) >= 11 is 0. The summed E-state index contributed by atoms with van der Waals surface area (Å²) in [5.41, 5.74) is 5.09. The van der Waals surface area contributed by atoms with Gasteiger partial charge >= 0.3 is 0 Å². The number of ketones is 1. The lowest BCUT2D eigenvalue weighted by Gasteiger charge is -2.25. The van der Waals surface area contributed by atoms with Crippen molar-refractivity contribution in [2.75, 3.05) is 19.9 Å². The van der Waals surface area contributed by atoms with E-state index in [0.717, 1.165) is 61.3 Å². The highest BCUT2D eigenvalue weighted by Gasteiger charge is 2.34. The fraction of sp³-hybridized carbons (Fsp3) is 0.375. The highest BCUT2D eigenvalue weighted by Crippen LogP contribution is 2.42. The van der Waals surface area contributed by atoms with Crippen molar-refractivity contribution in [2.24, 2.45) is 0 Å². The van der Waals surface area contributed by atoms with Gasteiger partial charge in [-0.3, -0.25) is 9.69 Å². The molecule has 5 heteroatoms. The minimum atomic E-state index is -0.917. The standard InChI is InChI=1S/C24H25NO4/c26-20-11-18-7-4-9-25(14-16-5-2-1-3-6-16)10-8-17-12-21-22(29-15-28-21)13-19(17)23(18)24(20)27/h1-3,5-6,12-13,20,26H,4,7-11,14-15H2. The Bertz CT molecular complexity index is 966. The summed E-state index contributed by atoms with van der Waals surface area (Å²) in [5, 5.41) is 10.3. The van der Waals surface area contributed by atoms with Gasteiger partial charge in [0.05, 0.1) is 0 Å². The average Bonchev–Trinajstić information content (AvgIpc) is 3.29. The van der Waals surface area contributed by atoms with Crippen LogP contribution in [-0.2, 0) is 17.8 Å². The van der Waals surface area contributed by atoms with Crippen LogP contribution in [-0.4, -0.2) is 41.8 Å². The molecule has 1 aliphatic carbocycles. The second kappa shape index (κ2) is 7.65. The van der Waals surface area contributed by atoms with Gasteiger partial charge in [-0.25, -0.2) is 0 Å². The Labute approximate surface area is 170 Å². The van der Waals surface area contributed by atoms with Gasteiger partial charge in [0, 0.05) is 25.1 Å². The number of fused-ring (bicyclic) bond motifs is 3. The molecule has 0 aromatic heterocycles. The fourth-order valence-corrected chi connectivity index (χ4v) is 4.65. The largest absolute Gasteiger partial charge is 0.454 e. The Morgan fingerprint density at radius 3 is 2.66 bits per heavy atom. The van der Waals surface area contributed by atoms with E-state index in [1.54, 1.807) is 0 Å². The number of ether oxygens (including phenoxy) is 2. The first kappa shape index (κ1) is 18.4. The van der Waals surface area contributed by atoms with E-state index in [2.05, 4.69) is 29.2 Å². The van der Waals surface area contributed by atoms with E-state index in [1.165, 1.54) is 5.56 Å². The smallest absolute Gasteiger partial charge is 0.231 e. The molecule has 2 heterocycles. The van der Waals surface area contributed by atoms with Crippen LogP contribution in [0.25, 0.3) is 5.57 Å². The molecule has 5 nitrogen and oxygen atoms in total. The zero-order valence-corrected chi connectivity index (χ0v) is 16.4. The second-order valence-corrected chi connectivity index (χ2v) is 8.04. The summed E-state index contributed by atoms with van der Waals surface area (Å²) in [7, 11) is 0. The maximum Gasteiger partial charge on any atom is 0.231 e. The lowest BCUT2D eigenvalue weighted by Crippen LogP contribution is -2.27. The van der Waals surface area contributed by atoms with Crippen molar-refractivity contribution in [2.45, 2.75) is 38.3 Å². The molecule has 0 fully saturated rings. The number of hydrogen-bond donors (Lipinski definition) is 1. The number of aliphatic hydroxyl groups is 1. The van der Waals surface area contributed by atoms with Crippen LogP contribution in [0.5, 0.6) is 11.5 Å². The van der Waals surface area contributed by atoms with E-state index < -0.39 is 6.10 Å². The van der Waals surface area contributed by atoms with Crippen LogP contribution in [0, 0.1) is 0 Å². The molecule has 0 amide bonds. The number of carbonyl (C=O) groups is 1. The molecule has 29 heavy (non-hydrogen) atoms. The van der Waals surface area contributed by atoms with Crippen LogP contribution in [0.2, 0.25) is 0 Å². The minimum Gasteiger partial charge on any atom is -0.454 e. The quantitative estimate of drug-likeness (QED) is 0.851. The molecule has 3 aliphatic rings. The monoisotopic (exact) mass is 391 g/mol. The van der Waals surface area contributed by atoms with E-state index in [4.69, 9.17) is 9.47 Å². The molecule has 0 radical (unpaired) electrons. The van der Waals surface area contributed by atoms with Gasteiger partial charge in [0.15, 0.2) is 17.3 Å². The molecule has 2 aliphatic heterocycles. The molecule has 2 aromatic carbocycles. The van der Waals surface area contributed by atoms with E-state index in [9.17, 15) is 9.90 Å². The van der Waals surface area contributed by atoms with Gasteiger partial charge in [0.25, 0.3) is 0 Å². The Morgan fingerprint density at radius 2 is 1.83 bits per heavy atom. The molecule has 1 N–H and O–H groups in total. The maximum atomic E-state index is 12.8. The molecule has 150 valence electrons. The highest BCUT2D eigenvalue weighted by atomic mass is 16.7. The number of carbonyl (C=O) groups excluding carboxylic acids is 1. The number of nitrogens with zero attached hydrogens (tertiary/aromatic N) is 1. The third kappa shape index (κ3) is 3.56. The van der Waals surface area contributed by atoms with Crippen LogP contribution in [0.4, 0.5) is 0 Å². The Hall–Kier alpha value is -2.63. The third-order valence-corrected chi connectivity index (χ3v) is 6.11. The molecule has 1 unspecified atom stereocenters.